The molecule has 2 aromatic heterocycles. The molecule has 116 valence electrons. The fourth-order valence-corrected chi connectivity index (χ4v) is 4.02. The molecule has 1 saturated carbocycles. The number of carbonyl (C=O) groups is 1. The van der Waals surface area contributed by atoms with Crippen molar-refractivity contribution in [3.05, 3.63) is 24.0 Å². The van der Waals surface area contributed by atoms with Crippen LogP contribution in [0.5, 0.6) is 0 Å². The van der Waals surface area contributed by atoms with Gasteiger partial charge in [-0.05, 0) is 37.8 Å². The third-order valence-corrected chi connectivity index (χ3v) is 5.20. The second-order valence-electron chi connectivity index (χ2n) is 6.62. The van der Waals surface area contributed by atoms with Gasteiger partial charge in [0.15, 0.2) is 5.65 Å². The summed E-state index contributed by atoms with van der Waals surface area (Å²) >= 11 is 0. The van der Waals surface area contributed by atoms with Crippen LogP contribution in [0, 0.1) is 5.92 Å². The van der Waals surface area contributed by atoms with E-state index in [9.17, 15) is 4.79 Å². The lowest BCUT2D eigenvalue weighted by molar-refractivity contribution is -0.136. The van der Waals surface area contributed by atoms with Crippen molar-refractivity contribution < 1.29 is 4.79 Å². The van der Waals surface area contributed by atoms with Crippen LogP contribution < -0.4 is 0 Å². The summed E-state index contributed by atoms with van der Waals surface area (Å²) in [7, 11) is 0. The molecule has 1 amide bonds. The summed E-state index contributed by atoms with van der Waals surface area (Å²) < 4.78 is 0. The smallest absolute Gasteiger partial charge is 0.225 e. The van der Waals surface area contributed by atoms with Gasteiger partial charge in [-0.1, -0.05) is 12.8 Å². The minimum absolute atomic E-state index is 0.277. The maximum absolute atomic E-state index is 12.7. The number of nitrogens with zero attached hydrogens (tertiary/aromatic N) is 3. The maximum atomic E-state index is 12.7. The standard InChI is InChI=1S/C17H22N4O/c22-17(12-5-1-2-6-12)21-10-4-7-13(11-21)15-14-8-3-9-18-16(14)20-19-15/h3,8-9,12-13H,1-2,4-7,10-11H2,(H,18,19,20)/t13-/m0/s1. The Labute approximate surface area is 130 Å². The second kappa shape index (κ2) is 5.71. The molecular weight excluding hydrogens is 276 g/mol. The van der Waals surface area contributed by atoms with Gasteiger partial charge in [0.25, 0.3) is 0 Å². The molecule has 0 radical (unpaired) electrons. The van der Waals surface area contributed by atoms with Crippen molar-refractivity contribution in [1.82, 2.24) is 20.1 Å². The van der Waals surface area contributed by atoms with Crippen LogP contribution in [0.25, 0.3) is 11.0 Å². The van der Waals surface area contributed by atoms with E-state index in [0.717, 1.165) is 55.5 Å². The minimum atomic E-state index is 0.277. The number of hydrogen-bond donors (Lipinski definition) is 1. The highest BCUT2D eigenvalue weighted by atomic mass is 16.2. The Hall–Kier alpha value is -1.91. The van der Waals surface area contributed by atoms with Gasteiger partial charge >= 0.3 is 0 Å². The van der Waals surface area contributed by atoms with Crippen LogP contribution in [-0.4, -0.2) is 39.1 Å². The molecule has 0 aromatic carbocycles. The summed E-state index contributed by atoms with van der Waals surface area (Å²) in [5.41, 5.74) is 1.92. The topological polar surface area (TPSA) is 61.9 Å². The highest BCUT2D eigenvalue weighted by Crippen LogP contribution is 2.32. The molecule has 1 atom stereocenters. The first-order valence-corrected chi connectivity index (χ1v) is 8.40. The summed E-state index contributed by atoms with van der Waals surface area (Å²) in [6.45, 7) is 1.73. The van der Waals surface area contributed by atoms with Crippen molar-refractivity contribution in [3.8, 4) is 0 Å². The first-order valence-electron chi connectivity index (χ1n) is 8.40. The molecule has 4 rings (SSSR count). The zero-order valence-corrected chi connectivity index (χ0v) is 12.8. The number of rotatable bonds is 2. The lowest BCUT2D eigenvalue weighted by Crippen LogP contribution is -2.42. The van der Waals surface area contributed by atoms with Crippen molar-refractivity contribution >= 4 is 16.9 Å². The summed E-state index contributed by atoms with van der Waals surface area (Å²) in [6.07, 6.45) is 8.54. The normalized spacial score (nSPS) is 23.3. The van der Waals surface area contributed by atoms with E-state index >= 15 is 0 Å². The number of H-pyrrole nitrogens is 1. The SMILES string of the molecule is O=C(C1CCCC1)N1CCC[C@H](c2[nH]nc3ncccc23)C1. The monoisotopic (exact) mass is 298 g/mol. The van der Waals surface area contributed by atoms with Crippen LogP contribution >= 0.6 is 0 Å². The number of pyridine rings is 1. The summed E-state index contributed by atoms with van der Waals surface area (Å²) in [5, 5.41) is 8.56. The van der Waals surface area contributed by atoms with E-state index in [0.29, 0.717) is 11.8 Å². The van der Waals surface area contributed by atoms with E-state index < -0.39 is 0 Å². The average Bonchev–Trinajstić information content (AvgIpc) is 3.24. The Morgan fingerprint density at radius 1 is 1.23 bits per heavy atom. The number of nitrogens with one attached hydrogen (secondary N) is 1. The molecule has 22 heavy (non-hydrogen) atoms. The Bertz CT molecular complexity index is 674. The number of carbonyl (C=O) groups excluding carboxylic acids is 1. The summed E-state index contributed by atoms with van der Waals surface area (Å²) in [5.74, 6) is 1.01. The van der Waals surface area contributed by atoms with Gasteiger partial charge in [-0.3, -0.25) is 9.89 Å². The molecule has 1 aliphatic carbocycles. The van der Waals surface area contributed by atoms with Gasteiger partial charge in [-0.2, -0.15) is 5.10 Å². The van der Waals surface area contributed by atoms with E-state index in [1.807, 2.05) is 6.07 Å². The molecule has 1 N–H and O–H groups in total. The van der Waals surface area contributed by atoms with Crippen molar-refractivity contribution in [1.29, 1.82) is 0 Å². The van der Waals surface area contributed by atoms with Gasteiger partial charge in [-0.25, -0.2) is 4.98 Å². The van der Waals surface area contributed by atoms with Crippen molar-refractivity contribution in [2.45, 2.75) is 44.4 Å². The molecule has 2 aliphatic rings. The van der Waals surface area contributed by atoms with Gasteiger partial charge in [-0.15, -0.1) is 0 Å². The third kappa shape index (κ3) is 2.38. The van der Waals surface area contributed by atoms with Crippen LogP contribution in [-0.2, 0) is 4.79 Å². The van der Waals surface area contributed by atoms with Crippen LogP contribution in [0.4, 0.5) is 0 Å². The molecule has 3 heterocycles. The average molecular weight is 298 g/mol. The van der Waals surface area contributed by atoms with Crippen molar-refractivity contribution in [2.24, 2.45) is 5.92 Å². The van der Waals surface area contributed by atoms with Gasteiger partial charge < -0.3 is 4.90 Å². The predicted molar refractivity (Wildman–Crippen MR) is 84.4 cm³/mol. The highest BCUT2D eigenvalue weighted by Gasteiger charge is 2.32. The van der Waals surface area contributed by atoms with Crippen molar-refractivity contribution in [3.63, 3.8) is 0 Å². The number of piperidine rings is 1. The Kier molecular flexibility index (Phi) is 3.56. The molecule has 0 spiro atoms. The van der Waals surface area contributed by atoms with Crippen LogP contribution in [0.15, 0.2) is 18.3 Å². The first-order chi connectivity index (χ1) is 10.8. The molecule has 2 fully saturated rings. The Morgan fingerprint density at radius 2 is 2.09 bits per heavy atom. The lowest BCUT2D eigenvalue weighted by Gasteiger charge is -2.34. The molecule has 0 unspecified atom stereocenters. The molecule has 5 nitrogen and oxygen atoms in total. The molecule has 2 aromatic rings. The molecule has 0 bridgehead atoms. The highest BCUT2D eigenvalue weighted by molar-refractivity contribution is 5.80. The van der Waals surface area contributed by atoms with E-state index in [1.165, 1.54) is 12.8 Å². The first kappa shape index (κ1) is 13.7. The second-order valence-corrected chi connectivity index (χ2v) is 6.62. The number of amides is 1. The fraction of sp³-hybridized carbons (Fsp3) is 0.588. The van der Waals surface area contributed by atoms with Gasteiger partial charge in [0.05, 0.1) is 0 Å². The van der Waals surface area contributed by atoms with E-state index in [-0.39, 0.29) is 5.92 Å². The van der Waals surface area contributed by atoms with Crippen LogP contribution in [0.3, 0.4) is 0 Å². The molecule has 5 heteroatoms. The quantitative estimate of drug-likeness (QED) is 0.927. The van der Waals surface area contributed by atoms with Crippen LogP contribution in [0.1, 0.15) is 50.1 Å². The van der Waals surface area contributed by atoms with Gasteiger partial charge in [0.2, 0.25) is 5.91 Å². The Morgan fingerprint density at radius 3 is 2.95 bits per heavy atom. The number of fused-ring (bicyclic) bond motifs is 1. The van der Waals surface area contributed by atoms with E-state index in [4.69, 9.17) is 0 Å². The van der Waals surface area contributed by atoms with Crippen LogP contribution in [0.2, 0.25) is 0 Å². The maximum Gasteiger partial charge on any atom is 0.225 e. The van der Waals surface area contributed by atoms with Gasteiger partial charge in [0, 0.05) is 42.2 Å². The fourth-order valence-electron chi connectivity index (χ4n) is 4.02. The number of likely N-dealkylation sites (tertiary alicyclic amines) is 1. The van der Waals surface area contributed by atoms with Gasteiger partial charge in [0.1, 0.15) is 0 Å². The van der Waals surface area contributed by atoms with E-state index in [2.05, 4.69) is 26.1 Å². The minimum Gasteiger partial charge on any atom is -0.342 e. The lowest BCUT2D eigenvalue weighted by atomic mass is 9.92. The zero-order valence-electron chi connectivity index (χ0n) is 12.8. The summed E-state index contributed by atoms with van der Waals surface area (Å²) in [6, 6.07) is 4.02. The molecule has 1 saturated heterocycles. The zero-order chi connectivity index (χ0) is 14.9. The largest absolute Gasteiger partial charge is 0.342 e. The number of aromatic nitrogens is 3. The summed E-state index contributed by atoms with van der Waals surface area (Å²) in [4.78, 5) is 19.0. The number of aromatic amines is 1. The number of hydrogen-bond acceptors (Lipinski definition) is 3. The predicted octanol–water partition coefficient (Wildman–Crippen LogP) is 2.85. The third-order valence-electron chi connectivity index (χ3n) is 5.20. The molecule has 1 aliphatic heterocycles. The Balaban J connectivity index is 1.54. The van der Waals surface area contributed by atoms with Crippen molar-refractivity contribution in [2.75, 3.05) is 13.1 Å². The van der Waals surface area contributed by atoms with E-state index in [1.54, 1.807) is 6.20 Å². The molecular formula is C17H22N4O.